The number of nitrogens with two attached hydrogens (primary N) is 1. The van der Waals surface area contributed by atoms with Crippen molar-refractivity contribution in [2.45, 2.75) is 44.2 Å². The number of thioether (sulfide) groups is 1. The van der Waals surface area contributed by atoms with Gasteiger partial charge in [-0.25, -0.2) is 9.47 Å². The van der Waals surface area contributed by atoms with Crippen molar-refractivity contribution in [3.63, 3.8) is 0 Å². The normalized spacial score (nSPS) is 10.9. The van der Waals surface area contributed by atoms with E-state index in [4.69, 9.17) is 10.6 Å². The third-order valence-corrected chi connectivity index (χ3v) is 3.97. The van der Waals surface area contributed by atoms with Gasteiger partial charge < -0.3 is 10.6 Å². The summed E-state index contributed by atoms with van der Waals surface area (Å²) >= 11 is 1.51. The van der Waals surface area contributed by atoms with Gasteiger partial charge in [0.25, 0.3) is 0 Å². The Bertz CT molecular complexity index is 637. The largest absolute Gasteiger partial charge is 0.459 e. The monoisotopic (exact) mass is 320 g/mol. The molecule has 1 aromatic carbocycles. The zero-order valence-corrected chi connectivity index (χ0v) is 13.8. The molecule has 1 aromatic heterocycles. The van der Waals surface area contributed by atoms with Crippen LogP contribution in [0.1, 0.15) is 42.5 Å². The lowest BCUT2D eigenvalue weighted by Crippen LogP contribution is -2.13. The van der Waals surface area contributed by atoms with E-state index in [9.17, 15) is 4.79 Å². The minimum absolute atomic E-state index is 0.119. The number of hydrogen-bond acceptors (Lipinski definition) is 6. The van der Waals surface area contributed by atoms with Gasteiger partial charge in [-0.1, -0.05) is 30.8 Å². The highest BCUT2D eigenvalue weighted by Gasteiger charge is 2.10. The van der Waals surface area contributed by atoms with Gasteiger partial charge >= 0.3 is 5.97 Å². The fourth-order valence-electron chi connectivity index (χ4n) is 1.81. The first-order valence-corrected chi connectivity index (χ1v) is 8.12. The second-order valence-corrected chi connectivity index (χ2v) is 6.00. The van der Waals surface area contributed by atoms with E-state index in [0.717, 1.165) is 17.8 Å². The Hall–Kier alpha value is -2.02. The van der Waals surface area contributed by atoms with Crippen LogP contribution < -0.4 is 5.84 Å². The first-order chi connectivity index (χ1) is 10.5. The van der Waals surface area contributed by atoms with E-state index in [2.05, 4.69) is 10.2 Å². The molecule has 2 aromatic rings. The first-order valence-electron chi connectivity index (χ1n) is 7.13. The molecule has 0 saturated heterocycles. The Balaban J connectivity index is 1.96. The molecule has 0 unspecified atom stereocenters. The van der Waals surface area contributed by atoms with Crippen molar-refractivity contribution < 1.29 is 9.53 Å². The molecule has 22 heavy (non-hydrogen) atoms. The Morgan fingerprint density at radius 1 is 1.32 bits per heavy atom. The molecule has 7 heteroatoms. The minimum Gasteiger partial charge on any atom is -0.459 e. The van der Waals surface area contributed by atoms with E-state index >= 15 is 0 Å². The lowest BCUT2D eigenvalue weighted by atomic mass is 10.1. The van der Waals surface area contributed by atoms with Crippen LogP contribution in [0.15, 0.2) is 29.4 Å². The van der Waals surface area contributed by atoms with Gasteiger partial charge in [0.15, 0.2) is 5.82 Å². The lowest BCUT2D eigenvalue weighted by molar-refractivity contribution is 0.0378. The summed E-state index contributed by atoms with van der Waals surface area (Å²) in [6.45, 7) is 5.64. The minimum atomic E-state index is -0.302. The Labute approximate surface area is 134 Å². The van der Waals surface area contributed by atoms with Crippen molar-refractivity contribution in [1.82, 2.24) is 14.9 Å². The third-order valence-electron chi connectivity index (χ3n) is 2.95. The van der Waals surface area contributed by atoms with E-state index in [1.54, 1.807) is 12.1 Å². The summed E-state index contributed by atoms with van der Waals surface area (Å²) in [5, 5.41) is 8.75. The fraction of sp³-hybridized carbons (Fsp3) is 0.400. The third kappa shape index (κ3) is 4.00. The molecule has 1 heterocycles. The van der Waals surface area contributed by atoms with Crippen molar-refractivity contribution >= 4 is 17.7 Å². The summed E-state index contributed by atoms with van der Waals surface area (Å²) in [6, 6.07) is 7.35. The summed E-state index contributed by atoms with van der Waals surface area (Å²) < 4.78 is 6.67. The summed E-state index contributed by atoms with van der Waals surface area (Å²) in [7, 11) is 0. The molecule has 0 aliphatic heterocycles. The SMILES string of the molecule is CCc1nnc(SCc2ccc(C(=O)OC(C)C)cc2)n1N. The number of carbonyl (C=O) groups excluding carboxylic acids is 1. The second kappa shape index (κ2) is 7.31. The lowest BCUT2D eigenvalue weighted by Gasteiger charge is -2.08. The molecule has 0 bridgehead atoms. The smallest absolute Gasteiger partial charge is 0.338 e. The molecule has 0 amide bonds. The number of carbonyl (C=O) groups is 1. The number of ether oxygens (including phenoxy) is 1. The maximum absolute atomic E-state index is 11.8. The van der Waals surface area contributed by atoms with Crippen LogP contribution in [0.3, 0.4) is 0 Å². The van der Waals surface area contributed by atoms with Gasteiger partial charge in [-0.3, -0.25) is 0 Å². The summed E-state index contributed by atoms with van der Waals surface area (Å²) in [4.78, 5) is 11.8. The number of benzene rings is 1. The maximum atomic E-state index is 11.8. The van der Waals surface area contributed by atoms with Crippen molar-refractivity contribution in [2.75, 3.05) is 5.84 Å². The number of rotatable bonds is 6. The molecule has 0 fully saturated rings. The molecule has 0 spiro atoms. The van der Waals surface area contributed by atoms with Crippen LogP contribution in [-0.4, -0.2) is 26.9 Å². The average molecular weight is 320 g/mol. The van der Waals surface area contributed by atoms with Crippen LogP contribution in [-0.2, 0) is 16.9 Å². The molecule has 118 valence electrons. The van der Waals surface area contributed by atoms with Gasteiger partial charge in [0.05, 0.1) is 11.7 Å². The van der Waals surface area contributed by atoms with Gasteiger partial charge in [0, 0.05) is 12.2 Å². The van der Waals surface area contributed by atoms with Crippen LogP contribution in [0, 0.1) is 0 Å². The average Bonchev–Trinajstić information content (AvgIpc) is 2.85. The molecule has 0 radical (unpaired) electrons. The first kappa shape index (κ1) is 16.4. The number of hydrogen-bond donors (Lipinski definition) is 1. The number of aromatic nitrogens is 3. The van der Waals surface area contributed by atoms with Crippen molar-refractivity contribution in [3.05, 3.63) is 41.2 Å². The van der Waals surface area contributed by atoms with E-state index in [1.807, 2.05) is 32.9 Å². The zero-order valence-electron chi connectivity index (χ0n) is 12.9. The van der Waals surface area contributed by atoms with Crippen LogP contribution in [0.25, 0.3) is 0 Å². The quantitative estimate of drug-likeness (QED) is 0.500. The topological polar surface area (TPSA) is 83.0 Å². The van der Waals surface area contributed by atoms with E-state index in [0.29, 0.717) is 16.5 Å². The highest BCUT2D eigenvalue weighted by molar-refractivity contribution is 7.98. The predicted molar refractivity (Wildman–Crippen MR) is 86.1 cm³/mol. The van der Waals surface area contributed by atoms with Crippen molar-refractivity contribution in [3.8, 4) is 0 Å². The van der Waals surface area contributed by atoms with Gasteiger partial charge in [-0.15, -0.1) is 10.2 Å². The Morgan fingerprint density at radius 2 is 2.00 bits per heavy atom. The molecular weight excluding hydrogens is 300 g/mol. The van der Waals surface area contributed by atoms with Gasteiger partial charge in [-0.05, 0) is 31.5 Å². The molecule has 2 rings (SSSR count). The maximum Gasteiger partial charge on any atom is 0.338 e. The van der Waals surface area contributed by atoms with Gasteiger partial charge in [0.2, 0.25) is 5.16 Å². The van der Waals surface area contributed by atoms with E-state index < -0.39 is 0 Å². The molecule has 0 aliphatic rings. The standard InChI is InChI=1S/C15H20N4O2S/c1-4-13-17-18-15(19(13)16)22-9-11-5-7-12(8-6-11)14(20)21-10(2)3/h5-8,10H,4,9,16H2,1-3H3. The van der Waals surface area contributed by atoms with E-state index in [-0.39, 0.29) is 12.1 Å². The van der Waals surface area contributed by atoms with Crippen molar-refractivity contribution in [1.29, 1.82) is 0 Å². The highest BCUT2D eigenvalue weighted by Crippen LogP contribution is 2.21. The zero-order chi connectivity index (χ0) is 16.1. The number of nitrogen functional groups attached to an aromatic ring is 1. The van der Waals surface area contributed by atoms with E-state index in [1.165, 1.54) is 16.4 Å². The molecular formula is C15H20N4O2S. The fourth-order valence-corrected chi connectivity index (χ4v) is 2.65. The van der Waals surface area contributed by atoms with Crippen molar-refractivity contribution in [2.24, 2.45) is 0 Å². The second-order valence-electron chi connectivity index (χ2n) is 5.06. The molecule has 0 aliphatic carbocycles. The van der Waals surface area contributed by atoms with Crippen LogP contribution in [0.5, 0.6) is 0 Å². The summed E-state index contributed by atoms with van der Waals surface area (Å²) in [5.41, 5.74) is 1.63. The summed E-state index contributed by atoms with van der Waals surface area (Å²) in [6.07, 6.45) is 0.628. The molecule has 6 nitrogen and oxygen atoms in total. The highest BCUT2D eigenvalue weighted by atomic mass is 32.2. The molecule has 0 saturated carbocycles. The number of nitrogens with zero attached hydrogens (tertiary/aromatic N) is 3. The predicted octanol–water partition coefficient (Wildman–Crippen LogP) is 2.41. The summed E-state index contributed by atoms with van der Waals surface area (Å²) in [5.74, 6) is 7.06. The Morgan fingerprint density at radius 3 is 2.55 bits per heavy atom. The Kier molecular flexibility index (Phi) is 5.43. The molecule has 2 N–H and O–H groups in total. The number of esters is 1. The van der Waals surface area contributed by atoms with Gasteiger partial charge in [0.1, 0.15) is 0 Å². The number of aryl methyl sites for hydroxylation is 1. The van der Waals surface area contributed by atoms with Crippen LogP contribution in [0.4, 0.5) is 0 Å². The van der Waals surface area contributed by atoms with Gasteiger partial charge in [-0.2, -0.15) is 0 Å². The van der Waals surface area contributed by atoms with Crippen LogP contribution >= 0.6 is 11.8 Å². The molecule has 0 atom stereocenters. The van der Waals surface area contributed by atoms with Crippen LogP contribution in [0.2, 0.25) is 0 Å².